The summed E-state index contributed by atoms with van der Waals surface area (Å²) in [4.78, 5) is 14.9. The Hall–Kier alpha value is -1.58. The first-order valence-electron chi connectivity index (χ1n) is 5.69. The minimum atomic E-state index is -0.486. The lowest BCUT2D eigenvalue weighted by Crippen LogP contribution is -2.30. The molecular weight excluding hydrogens is 202 g/mol. The van der Waals surface area contributed by atoms with Crippen molar-refractivity contribution in [3.05, 3.63) is 24.0 Å². The van der Waals surface area contributed by atoms with Gasteiger partial charge in [0.25, 0.3) is 5.91 Å². The number of anilines is 1. The number of carbonyl (C=O) groups excluding carboxylic acids is 1. The molecule has 1 fully saturated rings. The number of nitrogens with one attached hydrogen (secondary N) is 1. The molecule has 1 saturated carbocycles. The Morgan fingerprint density at radius 3 is 2.94 bits per heavy atom. The fraction of sp³-hybridized carbons (Fsp3) is 0.500. The first-order valence-corrected chi connectivity index (χ1v) is 5.69. The zero-order chi connectivity index (χ0) is 11.5. The second-order valence-corrected chi connectivity index (χ2v) is 4.42. The number of primary amides is 1. The predicted octanol–water partition coefficient (Wildman–Crippen LogP) is 1.78. The molecule has 0 saturated heterocycles. The monoisotopic (exact) mass is 219 g/mol. The van der Waals surface area contributed by atoms with Gasteiger partial charge in [0.1, 0.15) is 5.69 Å². The van der Waals surface area contributed by atoms with E-state index in [1.54, 1.807) is 12.3 Å². The number of aromatic nitrogens is 1. The van der Waals surface area contributed by atoms with Gasteiger partial charge in [-0.05, 0) is 37.8 Å². The highest BCUT2D eigenvalue weighted by atomic mass is 16.1. The molecule has 86 valence electrons. The van der Waals surface area contributed by atoms with Crippen LogP contribution in [0.15, 0.2) is 18.3 Å². The molecule has 1 atom stereocenters. The highest BCUT2D eigenvalue weighted by Gasteiger charge is 2.23. The molecule has 0 bridgehead atoms. The van der Waals surface area contributed by atoms with Gasteiger partial charge in [0.05, 0.1) is 0 Å². The van der Waals surface area contributed by atoms with Crippen LogP contribution in [-0.4, -0.2) is 16.9 Å². The summed E-state index contributed by atoms with van der Waals surface area (Å²) >= 11 is 0. The first kappa shape index (κ1) is 10.9. The van der Waals surface area contributed by atoms with Crippen LogP contribution in [0, 0.1) is 5.92 Å². The topological polar surface area (TPSA) is 68.0 Å². The van der Waals surface area contributed by atoms with Gasteiger partial charge in [0, 0.05) is 17.9 Å². The second-order valence-electron chi connectivity index (χ2n) is 4.42. The van der Waals surface area contributed by atoms with Crippen LogP contribution < -0.4 is 11.1 Å². The Kier molecular flexibility index (Phi) is 3.08. The normalized spacial score (nSPS) is 17.6. The van der Waals surface area contributed by atoms with Crippen LogP contribution in [-0.2, 0) is 0 Å². The molecule has 1 amide bonds. The van der Waals surface area contributed by atoms with Crippen molar-refractivity contribution < 1.29 is 4.79 Å². The molecule has 16 heavy (non-hydrogen) atoms. The van der Waals surface area contributed by atoms with Gasteiger partial charge in [0.2, 0.25) is 0 Å². The van der Waals surface area contributed by atoms with Crippen molar-refractivity contribution in [3.63, 3.8) is 0 Å². The van der Waals surface area contributed by atoms with Gasteiger partial charge in [-0.2, -0.15) is 0 Å². The summed E-state index contributed by atoms with van der Waals surface area (Å²) in [5.74, 6) is 0.269. The van der Waals surface area contributed by atoms with E-state index in [1.165, 1.54) is 19.3 Å². The molecule has 1 aromatic rings. The lowest BCUT2D eigenvalue weighted by atomic mass is 9.80. The average molecular weight is 219 g/mol. The summed E-state index contributed by atoms with van der Waals surface area (Å²) in [6, 6.07) is 4.01. The Labute approximate surface area is 95.3 Å². The van der Waals surface area contributed by atoms with Crippen LogP contribution >= 0.6 is 0 Å². The van der Waals surface area contributed by atoms with Gasteiger partial charge in [-0.15, -0.1) is 0 Å². The quantitative estimate of drug-likeness (QED) is 0.811. The predicted molar refractivity (Wildman–Crippen MR) is 63.2 cm³/mol. The third kappa shape index (κ3) is 2.32. The number of hydrogen-bond acceptors (Lipinski definition) is 3. The molecule has 0 aliphatic heterocycles. The fourth-order valence-electron chi connectivity index (χ4n) is 1.98. The van der Waals surface area contributed by atoms with E-state index in [-0.39, 0.29) is 0 Å². The summed E-state index contributed by atoms with van der Waals surface area (Å²) in [7, 11) is 0. The minimum Gasteiger partial charge on any atom is -0.382 e. The van der Waals surface area contributed by atoms with Crippen LogP contribution in [0.4, 0.5) is 5.69 Å². The first-order chi connectivity index (χ1) is 7.66. The lowest BCUT2D eigenvalue weighted by Gasteiger charge is -2.32. The van der Waals surface area contributed by atoms with Crippen molar-refractivity contribution in [2.45, 2.75) is 32.2 Å². The van der Waals surface area contributed by atoms with Crippen molar-refractivity contribution in [3.8, 4) is 0 Å². The van der Waals surface area contributed by atoms with Crippen molar-refractivity contribution >= 4 is 11.6 Å². The van der Waals surface area contributed by atoms with E-state index in [2.05, 4.69) is 17.2 Å². The molecular formula is C12H17N3O. The Morgan fingerprint density at radius 2 is 2.38 bits per heavy atom. The molecule has 4 nitrogen and oxygen atoms in total. The van der Waals surface area contributed by atoms with E-state index in [9.17, 15) is 4.79 Å². The van der Waals surface area contributed by atoms with Crippen LogP contribution in [0.1, 0.15) is 36.7 Å². The third-order valence-electron chi connectivity index (χ3n) is 3.26. The molecule has 0 spiro atoms. The maximum absolute atomic E-state index is 11.0. The number of carbonyl (C=O) groups is 1. The van der Waals surface area contributed by atoms with E-state index in [4.69, 9.17) is 5.73 Å². The van der Waals surface area contributed by atoms with E-state index in [0.717, 1.165) is 11.6 Å². The molecule has 4 heteroatoms. The standard InChI is InChI=1S/C12H17N3O/c1-8(9-3-2-4-9)15-10-5-6-14-11(7-10)12(13)16/h5-9H,2-4H2,1H3,(H2,13,16)(H,14,15). The Morgan fingerprint density at radius 1 is 1.62 bits per heavy atom. The van der Waals surface area contributed by atoms with Gasteiger partial charge in [0.15, 0.2) is 0 Å². The zero-order valence-electron chi connectivity index (χ0n) is 9.44. The van der Waals surface area contributed by atoms with Gasteiger partial charge in [-0.25, -0.2) is 0 Å². The summed E-state index contributed by atoms with van der Waals surface area (Å²) in [6.07, 6.45) is 5.53. The van der Waals surface area contributed by atoms with Crippen molar-refractivity contribution in [2.24, 2.45) is 11.7 Å². The van der Waals surface area contributed by atoms with E-state index in [0.29, 0.717) is 11.7 Å². The van der Waals surface area contributed by atoms with Crippen LogP contribution in [0.25, 0.3) is 0 Å². The van der Waals surface area contributed by atoms with Crippen LogP contribution in [0.2, 0.25) is 0 Å². The van der Waals surface area contributed by atoms with Gasteiger partial charge < -0.3 is 11.1 Å². The molecule has 1 aliphatic carbocycles. The summed E-state index contributed by atoms with van der Waals surface area (Å²) in [5.41, 5.74) is 6.41. The number of pyridine rings is 1. The maximum atomic E-state index is 11.0. The molecule has 0 radical (unpaired) electrons. The van der Waals surface area contributed by atoms with Gasteiger partial charge in [-0.1, -0.05) is 6.42 Å². The largest absolute Gasteiger partial charge is 0.382 e. The third-order valence-corrected chi connectivity index (χ3v) is 3.26. The zero-order valence-corrected chi connectivity index (χ0v) is 9.44. The molecule has 1 heterocycles. The number of rotatable bonds is 4. The highest BCUT2D eigenvalue weighted by molar-refractivity contribution is 5.91. The van der Waals surface area contributed by atoms with Crippen LogP contribution in [0.3, 0.4) is 0 Å². The average Bonchev–Trinajstić information content (AvgIpc) is 2.15. The maximum Gasteiger partial charge on any atom is 0.267 e. The summed E-state index contributed by atoms with van der Waals surface area (Å²) < 4.78 is 0. The second kappa shape index (κ2) is 4.51. The smallest absolute Gasteiger partial charge is 0.267 e. The number of hydrogen-bond donors (Lipinski definition) is 2. The molecule has 1 aliphatic rings. The molecule has 1 aromatic heterocycles. The van der Waals surface area contributed by atoms with E-state index >= 15 is 0 Å². The number of nitrogens with zero attached hydrogens (tertiary/aromatic N) is 1. The SMILES string of the molecule is CC(Nc1ccnc(C(N)=O)c1)C1CCC1. The highest BCUT2D eigenvalue weighted by Crippen LogP contribution is 2.30. The van der Waals surface area contributed by atoms with Crippen molar-refractivity contribution in [1.82, 2.24) is 4.98 Å². The molecule has 3 N–H and O–H groups in total. The molecule has 2 rings (SSSR count). The summed E-state index contributed by atoms with van der Waals surface area (Å²) in [5, 5.41) is 3.39. The molecule has 1 unspecified atom stereocenters. The van der Waals surface area contributed by atoms with Gasteiger partial charge >= 0.3 is 0 Å². The van der Waals surface area contributed by atoms with Crippen molar-refractivity contribution in [1.29, 1.82) is 0 Å². The summed E-state index contributed by atoms with van der Waals surface area (Å²) in [6.45, 7) is 2.17. The van der Waals surface area contributed by atoms with Crippen molar-refractivity contribution in [2.75, 3.05) is 5.32 Å². The van der Waals surface area contributed by atoms with E-state index < -0.39 is 5.91 Å². The number of nitrogens with two attached hydrogens (primary N) is 1. The van der Waals surface area contributed by atoms with Gasteiger partial charge in [-0.3, -0.25) is 9.78 Å². The minimum absolute atomic E-state index is 0.311. The Bertz CT molecular complexity index is 388. The van der Waals surface area contributed by atoms with Crippen LogP contribution in [0.5, 0.6) is 0 Å². The van der Waals surface area contributed by atoms with E-state index in [1.807, 2.05) is 6.07 Å². The Balaban J connectivity index is 2.02. The number of amides is 1. The fourth-order valence-corrected chi connectivity index (χ4v) is 1.98. The molecule has 0 aromatic carbocycles. The lowest BCUT2D eigenvalue weighted by molar-refractivity contribution is 0.0995.